The van der Waals surface area contributed by atoms with Crippen LogP contribution in [-0.2, 0) is 18.0 Å². The zero-order valence-corrected chi connectivity index (χ0v) is 14.3. The SMILES string of the molecule is CCCCONc1nc(N)nc2ccn(Cc3ccc(CO)cc3)c12. The standard InChI is InChI=1S/C18H23N5O2/c1-2-3-10-25-22-17-16-15(20-18(19)21-17)8-9-23(16)11-13-4-6-14(12-24)7-5-13/h4-9,24H,2-3,10-12H2,1H3,(H3,19,20,21,22). The fraction of sp³-hybridized carbons (Fsp3) is 0.333. The lowest BCUT2D eigenvalue weighted by atomic mass is 10.1. The molecule has 3 rings (SSSR count). The van der Waals surface area contributed by atoms with Gasteiger partial charge in [0.05, 0.1) is 18.7 Å². The Morgan fingerprint density at radius 1 is 1.16 bits per heavy atom. The number of aliphatic hydroxyl groups excluding tert-OH is 1. The highest BCUT2D eigenvalue weighted by Gasteiger charge is 2.12. The van der Waals surface area contributed by atoms with E-state index in [-0.39, 0.29) is 12.6 Å². The van der Waals surface area contributed by atoms with Crippen LogP contribution in [0.15, 0.2) is 36.5 Å². The van der Waals surface area contributed by atoms with Crippen molar-refractivity contribution >= 4 is 22.8 Å². The van der Waals surface area contributed by atoms with Crippen LogP contribution in [0.25, 0.3) is 11.0 Å². The molecule has 0 aliphatic carbocycles. The predicted octanol–water partition coefficient (Wildman–Crippen LogP) is 2.70. The highest BCUT2D eigenvalue weighted by molar-refractivity contribution is 5.87. The summed E-state index contributed by atoms with van der Waals surface area (Å²) in [6.07, 6.45) is 3.98. The second kappa shape index (κ2) is 7.96. The van der Waals surface area contributed by atoms with Crippen molar-refractivity contribution in [2.24, 2.45) is 0 Å². The Balaban J connectivity index is 1.86. The molecule has 0 unspecified atom stereocenters. The van der Waals surface area contributed by atoms with Gasteiger partial charge in [-0.15, -0.1) is 0 Å². The van der Waals surface area contributed by atoms with E-state index in [0.717, 1.165) is 35.0 Å². The third-order valence-corrected chi connectivity index (χ3v) is 3.96. The Labute approximate surface area is 146 Å². The largest absolute Gasteiger partial charge is 0.392 e. The van der Waals surface area contributed by atoms with E-state index in [1.165, 1.54) is 0 Å². The maximum Gasteiger partial charge on any atom is 0.222 e. The molecule has 0 fully saturated rings. The quantitative estimate of drug-likeness (QED) is 0.430. The molecule has 0 saturated heterocycles. The zero-order valence-electron chi connectivity index (χ0n) is 14.3. The van der Waals surface area contributed by atoms with Crippen molar-refractivity contribution in [2.75, 3.05) is 17.8 Å². The number of fused-ring (bicyclic) bond motifs is 1. The molecule has 0 spiro atoms. The molecule has 0 radical (unpaired) electrons. The Bertz CT molecular complexity index is 829. The molecule has 0 bridgehead atoms. The van der Waals surface area contributed by atoms with Crippen LogP contribution < -0.4 is 11.2 Å². The van der Waals surface area contributed by atoms with Gasteiger partial charge in [-0.3, -0.25) is 4.84 Å². The lowest BCUT2D eigenvalue weighted by Gasteiger charge is -2.11. The van der Waals surface area contributed by atoms with Crippen LogP contribution >= 0.6 is 0 Å². The highest BCUT2D eigenvalue weighted by Crippen LogP contribution is 2.23. The molecule has 0 atom stereocenters. The minimum Gasteiger partial charge on any atom is -0.392 e. The van der Waals surface area contributed by atoms with E-state index in [9.17, 15) is 0 Å². The van der Waals surface area contributed by atoms with Gasteiger partial charge in [-0.1, -0.05) is 37.6 Å². The molecule has 4 N–H and O–H groups in total. The molecule has 2 aromatic heterocycles. The number of nitrogens with one attached hydrogen (secondary N) is 1. The second-order valence-corrected chi connectivity index (χ2v) is 5.89. The van der Waals surface area contributed by atoms with E-state index in [4.69, 9.17) is 15.7 Å². The number of hydrogen-bond acceptors (Lipinski definition) is 6. The summed E-state index contributed by atoms with van der Waals surface area (Å²) in [6.45, 7) is 3.41. The van der Waals surface area contributed by atoms with Crippen molar-refractivity contribution in [3.05, 3.63) is 47.7 Å². The number of unbranched alkanes of at least 4 members (excludes halogenated alkanes) is 1. The first kappa shape index (κ1) is 17.2. The van der Waals surface area contributed by atoms with E-state index < -0.39 is 0 Å². The van der Waals surface area contributed by atoms with Crippen LogP contribution in [-0.4, -0.2) is 26.2 Å². The Kier molecular flexibility index (Phi) is 5.47. The van der Waals surface area contributed by atoms with Gasteiger partial charge in [0.1, 0.15) is 5.52 Å². The number of nitrogens with zero attached hydrogens (tertiary/aromatic N) is 3. The average Bonchev–Trinajstić information content (AvgIpc) is 3.02. The van der Waals surface area contributed by atoms with Crippen LogP contribution in [0.1, 0.15) is 30.9 Å². The summed E-state index contributed by atoms with van der Waals surface area (Å²) in [5.41, 5.74) is 12.3. The van der Waals surface area contributed by atoms with Gasteiger partial charge in [-0.25, -0.2) is 10.5 Å². The van der Waals surface area contributed by atoms with Gasteiger partial charge >= 0.3 is 0 Å². The first-order chi connectivity index (χ1) is 12.2. The van der Waals surface area contributed by atoms with Crippen LogP contribution in [0.4, 0.5) is 11.8 Å². The van der Waals surface area contributed by atoms with Gasteiger partial charge in [0.15, 0.2) is 5.82 Å². The van der Waals surface area contributed by atoms with Crippen LogP contribution in [0.5, 0.6) is 0 Å². The van der Waals surface area contributed by atoms with Crippen LogP contribution in [0.2, 0.25) is 0 Å². The van der Waals surface area contributed by atoms with Crippen molar-refractivity contribution in [3.63, 3.8) is 0 Å². The lowest BCUT2D eigenvalue weighted by molar-refractivity contribution is 0.188. The fourth-order valence-corrected chi connectivity index (χ4v) is 2.61. The van der Waals surface area contributed by atoms with Crippen molar-refractivity contribution in [1.82, 2.24) is 14.5 Å². The number of aliphatic hydroxyl groups is 1. The normalized spacial score (nSPS) is 11.1. The number of benzene rings is 1. The predicted molar refractivity (Wildman–Crippen MR) is 97.9 cm³/mol. The topological polar surface area (TPSA) is 98.2 Å². The maximum absolute atomic E-state index is 9.15. The molecule has 0 aliphatic heterocycles. The van der Waals surface area contributed by atoms with Crippen molar-refractivity contribution in [1.29, 1.82) is 0 Å². The fourth-order valence-electron chi connectivity index (χ4n) is 2.61. The summed E-state index contributed by atoms with van der Waals surface area (Å²) >= 11 is 0. The minimum atomic E-state index is 0.0447. The Hall–Kier alpha value is -2.64. The summed E-state index contributed by atoms with van der Waals surface area (Å²) in [4.78, 5) is 14.1. The number of anilines is 2. The Morgan fingerprint density at radius 2 is 1.92 bits per heavy atom. The van der Waals surface area contributed by atoms with E-state index in [0.29, 0.717) is 19.0 Å². The van der Waals surface area contributed by atoms with Gasteiger partial charge in [0.2, 0.25) is 5.95 Å². The molecule has 25 heavy (non-hydrogen) atoms. The smallest absolute Gasteiger partial charge is 0.222 e. The van der Waals surface area contributed by atoms with E-state index in [2.05, 4.69) is 22.4 Å². The molecular formula is C18H23N5O2. The third-order valence-electron chi connectivity index (χ3n) is 3.96. The monoisotopic (exact) mass is 341 g/mol. The number of nitrogens with two attached hydrogens (primary N) is 1. The zero-order chi connectivity index (χ0) is 17.6. The third kappa shape index (κ3) is 4.07. The molecule has 1 aromatic carbocycles. The average molecular weight is 341 g/mol. The first-order valence-electron chi connectivity index (χ1n) is 8.40. The summed E-state index contributed by atoms with van der Waals surface area (Å²) in [6, 6.07) is 9.75. The molecular weight excluding hydrogens is 318 g/mol. The summed E-state index contributed by atoms with van der Waals surface area (Å²) < 4.78 is 2.05. The first-order valence-corrected chi connectivity index (χ1v) is 8.40. The van der Waals surface area contributed by atoms with E-state index >= 15 is 0 Å². The molecule has 7 heteroatoms. The molecule has 2 heterocycles. The van der Waals surface area contributed by atoms with Gasteiger partial charge in [0, 0.05) is 12.7 Å². The van der Waals surface area contributed by atoms with E-state index in [1.807, 2.05) is 41.1 Å². The molecule has 132 valence electrons. The summed E-state index contributed by atoms with van der Waals surface area (Å²) in [5.74, 6) is 0.773. The van der Waals surface area contributed by atoms with Gasteiger partial charge in [0.25, 0.3) is 0 Å². The van der Waals surface area contributed by atoms with E-state index in [1.54, 1.807) is 0 Å². The van der Waals surface area contributed by atoms with Crippen LogP contribution in [0, 0.1) is 0 Å². The highest BCUT2D eigenvalue weighted by atomic mass is 16.6. The molecule has 0 aliphatic rings. The minimum absolute atomic E-state index is 0.0447. The summed E-state index contributed by atoms with van der Waals surface area (Å²) in [7, 11) is 0. The van der Waals surface area contributed by atoms with Gasteiger partial charge in [-0.2, -0.15) is 4.98 Å². The number of rotatable bonds is 8. The second-order valence-electron chi connectivity index (χ2n) is 5.89. The summed E-state index contributed by atoms with van der Waals surface area (Å²) in [5, 5.41) is 9.15. The van der Waals surface area contributed by atoms with Gasteiger partial charge < -0.3 is 15.4 Å². The molecule has 3 aromatic rings. The van der Waals surface area contributed by atoms with Crippen molar-refractivity contribution in [3.8, 4) is 0 Å². The molecule has 0 saturated carbocycles. The number of nitrogen functional groups attached to an aromatic ring is 1. The Morgan fingerprint density at radius 3 is 2.64 bits per heavy atom. The number of hydrogen-bond donors (Lipinski definition) is 3. The lowest BCUT2D eigenvalue weighted by Crippen LogP contribution is -2.09. The van der Waals surface area contributed by atoms with Crippen LogP contribution in [0.3, 0.4) is 0 Å². The number of aromatic nitrogens is 3. The van der Waals surface area contributed by atoms with Gasteiger partial charge in [-0.05, 0) is 23.6 Å². The maximum atomic E-state index is 9.15. The van der Waals surface area contributed by atoms with Crippen molar-refractivity contribution < 1.29 is 9.94 Å². The molecule has 0 amide bonds. The van der Waals surface area contributed by atoms with Crippen molar-refractivity contribution in [2.45, 2.75) is 32.9 Å². The molecule has 7 nitrogen and oxygen atoms in total.